The molecule has 3 aliphatic carbocycles. The second kappa shape index (κ2) is 6.06. The highest BCUT2D eigenvalue weighted by Gasteiger charge is 2.50. The van der Waals surface area contributed by atoms with Crippen molar-refractivity contribution in [2.24, 2.45) is 29.1 Å². The van der Waals surface area contributed by atoms with Crippen LogP contribution in [-0.2, 0) is 0 Å². The molecule has 0 bridgehead atoms. The largest absolute Gasteiger partial charge is 0.386 e. The zero-order chi connectivity index (χ0) is 16.8. The summed E-state index contributed by atoms with van der Waals surface area (Å²) in [6.07, 6.45) is 13.9. The van der Waals surface area contributed by atoms with Crippen molar-refractivity contribution in [2.45, 2.75) is 85.2 Å². The SMILES string of the molecule is C/C=C1\CCCC2(C)C1CCC2C(C)CC1C=C(C)C(C)(O)C1. The Morgan fingerprint density at radius 2 is 2.09 bits per heavy atom. The van der Waals surface area contributed by atoms with Crippen molar-refractivity contribution in [2.75, 3.05) is 0 Å². The Balaban J connectivity index is 1.70. The molecule has 0 aromatic heterocycles. The number of hydrogen-bond acceptors (Lipinski definition) is 1. The van der Waals surface area contributed by atoms with E-state index in [2.05, 4.69) is 39.8 Å². The third-order valence-corrected chi connectivity index (χ3v) is 7.77. The van der Waals surface area contributed by atoms with E-state index >= 15 is 0 Å². The molecular formula is C22H36O. The third-order valence-electron chi connectivity index (χ3n) is 7.77. The molecule has 6 atom stereocenters. The molecule has 0 spiro atoms. The Morgan fingerprint density at radius 1 is 1.35 bits per heavy atom. The van der Waals surface area contributed by atoms with E-state index < -0.39 is 5.60 Å². The minimum atomic E-state index is -0.560. The second-order valence-electron chi connectivity index (χ2n) is 9.26. The van der Waals surface area contributed by atoms with Crippen LogP contribution in [0.3, 0.4) is 0 Å². The minimum absolute atomic E-state index is 0.527. The Bertz CT molecular complexity index is 512. The molecule has 1 heteroatoms. The highest BCUT2D eigenvalue weighted by Crippen LogP contribution is 2.60. The zero-order valence-corrected chi connectivity index (χ0v) is 15.9. The monoisotopic (exact) mass is 316 g/mol. The molecule has 1 nitrogen and oxygen atoms in total. The summed E-state index contributed by atoms with van der Waals surface area (Å²) in [4.78, 5) is 0. The lowest BCUT2D eigenvalue weighted by Crippen LogP contribution is -2.36. The summed E-state index contributed by atoms with van der Waals surface area (Å²) in [5.74, 6) is 3.05. The average Bonchev–Trinajstić information content (AvgIpc) is 2.94. The molecule has 3 aliphatic rings. The first-order valence-corrected chi connectivity index (χ1v) is 9.84. The molecule has 0 heterocycles. The summed E-state index contributed by atoms with van der Waals surface area (Å²) in [6.45, 7) is 11.4. The van der Waals surface area contributed by atoms with E-state index in [0.717, 1.165) is 24.2 Å². The Hall–Kier alpha value is -0.560. The van der Waals surface area contributed by atoms with Gasteiger partial charge < -0.3 is 5.11 Å². The number of fused-ring (bicyclic) bond motifs is 1. The topological polar surface area (TPSA) is 20.2 Å². The summed E-state index contributed by atoms with van der Waals surface area (Å²) >= 11 is 0. The van der Waals surface area contributed by atoms with Gasteiger partial charge in [0.05, 0.1) is 5.60 Å². The van der Waals surface area contributed by atoms with Gasteiger partial charge in [-0.1, -0.05) is 31.6 Å². The fourth-order valence-corrected chi connectivity index (χ4v) is 6.42. The van der Waals surface area contributed by atoms with Gasteiger partial charge in [-0.05, 0) is 100 Å². The fourth-order valence-electron chi connectivity index (χ4n) is 6.42. The van der Waals surface area contributed by atoms with Crippen LogP contribution in [0.25, 0.3) is 0 Å². The summed E-state index contributed by atoms with van der Waals surface area (Å²) in [7, 11) is 0. The molecular weight excluding hydrogens is 280 g/mol. The Kier molecular flexibility index (Phi) is 4.55. The van der Waals surface area contributed by atoms with Gasteiger partial charge in [0.1, 0.15) is 0 Å². The molecule has 0 aromatic carbocycles. The first kappa shape index (κ1) is 17.3. The summed E-state index contributed by atoms with van der Waals surface area (Å²) in [5.41, 5.74) is 2.89. The quantitative estimate of drug-likeness (QED) is 0.643. The number of rotatable bonds is 3. The van der Waals surface area contributed by atoms with Crippen LogP contribution >= 0.6 is 0 Å². The first-order valence-electron chi connectivity index (χ1n) is 9.84. The van der Waals surface area contributed by atoms with Crippen molar-refractivity contribution >= 4 is 0 Å². The van der Waals surface area contributed by atoms with E-state index in [1.54, 1.807) is 5.57 Å². The van der Waals surface area contributed by atoms with Gasteiger partial charge in [-0.3, -0.25) is 0 Å². The maximum Gasteiger partial charge on any atom is 0.0831 e. The molecule has 3 rings (SSSR count). The van der Waals surface area contributed by atoms with E-state index in [1.165, 1.54) is 44.1 Å². The van der Waals surface area contributed by atoms with Gasteiger partial charge in [-0.25, -0.2) is 0 Å². The molecule has 0 aromatic rings. The molecule has 2 saturated carbocycles. The molecule has 2 fully saturated rings. The Labute approximate surface area is 143 Å². The standard InChI is InChI=1S/C22H36O/c1-6-18-8-7-11-21(4)19(9-10-20(18)21)15(2)12-17-13-16(3)22(5,23)14-17/h6,13,15,17,19-20,23H,7-12,14H2,1-5H3/b18-6+. The maximum absolute atomic E-state index is 10.4. The lowest BCUT2D eigenvalue weighted by Gasteiger charge is -2.44. The fraction of sp³-hybridized carbons (Fsp3) is 0.818. The highest BCUT2D eigenvalue weighted by atomic mass is 16.3. The van der Waals surface area contributed by atoms with Crippen LogP contribution in [0.5, 0.6) is 0 Å². The first-order chi connectivity index (χ1) is 10.8. The van der Waals surface area contributed by atoms with E-state index in [-0.39, 0.29) is 0 Å². The summed E-state index contributed by atoms with van der Waals surface area (Å²) < 4.78 is 0. The van der Waals surface area contributed by atoms with Gasteiger partial charge in [0, 0.05) is 0 Å². The minimum Gasteiger partial charge on any atom is -0.386 e. The number of allylic oxidation sites excluding steroid dienone is 3. The van der Waals surface area contributed by atoms with E-state index in [9.17, 15) is 5.11 Å². The second-order valence-corrected chi connectivity index (χ2v) is 9.26. The molecule has 6 unspecified atom stereocenters. The molecule has 0 amide bonds. The van der Waals surface area contributed by atoms with Crippen LogP contribution in [0.2, 0.25) is 0 Å². The number of aliphatic hydroxyl groups is 1. The molecule has 0 saturated heterocycles. The molecule has 0 radical (unpaired) electrons. The predicted octanol–water partition coefficient (Wildman–Crippen LogP) is 5.89. The molecule has 23 heavy (non-hydrogen) atoms. The van der Waals surface area contributed by atoms with Crippen molar-refractivity contribution in [1.82, 2.24) is 0 Å². The molecule has 0 aliphatic heterocycles. The maximum atomic E-state index is 10.4. The van der Waals surface area contributed by atoms with Crippen LogP contribution in [0.1, 0.15) is 79.6 Å². The predicted molar refractivity (Wildman–Crippen MR) is 98.2 cm³/mol. The lowest BCUT2D eigenvalue weighted by atomic mass is 9.60. The van der Waals surface area contributed by atoms with Crippen molar-refractivity contribution in [3.63, 3.8) is 0 Å². The van der Waals surface area contributed by atoms with Gasteiger partial charge in [-0.15, -0.1) is 0 Å². The smallest absolute Gasteiger partial charge is 0.0831 e. The zero-order valence-electron chi connectivity index (χ0n) is 15.9. The van der Waals surface area contributed by atoms with Crippen molar-refractivity contribution in [1.29, 1.82) is 0 Å². The Morgan fingerprint density at radius 3 is 2.70 bits per heavy atom. The summed E-state index contributed by atoms with van der Waals surface area (Å²) in [6, 6.07) is 0. The van der Waals surface area contributed by atoms with E-state index in [4.69, 9.17) is 0 Å². The van der Waals surface area contributed by atoms with Crippen LogP contribution in [-0.4, -0.2) is 10.7 Å². The van der Waals surface area contributed by atoms with Gasteiger partial charge >= 0.3 is 0 Å². The molecule has 1 N–H and O–H groups in total. The van der Waals surface area contributed by atoms with Gasteiger partial charge in [0.15, 0.2) is 0 Å². The average molecular weight is 317 g/mol. The van der Waals surface area contributed by atoms with Crippen molar-refractivity contribution in [3.05, 3.63) is 23.3 Å². The number of hydrogen-bond donors (Lipinski definition) is 1. The normalized spacial score (nSPS) is 46.8. The van der Waals surface area contributed by atoms with E-state index in [1.807, 2.05) is 6.92 Å². The summed E-state index contributed by atoms with van der Waals surface area (Å²) in [5, 5.41) is 10.4. The van der Waals surface area contributed by atoms with Gasteiger partial charge in [-0.2, -0.15) is 0 Å². The van der Waals surface area contributed by atoms with Crippen LogP contribution in [0.4, 0.5) is 0 Å². The molecule has 130 valence electrons. The van der Waals surface area contributed by atoms with Crippen LogP contribution in [0.15, 0.2) is 23.3 Å². The van der Waals surface area contributed by atoms with E-state index in [0.29, 0.717) is 11.3 Å². The van der Waals surface area contributed by atoms with Crippen LogP contribution < -0.4 is 0 Å². The van der Waals surface area contributed by atoms with Crippen molar-refractivity contribution in [3.8, 4) is 0 Å². The van der Waals surface area contributed by atoms with Crippen molar-refractivity contribution < 1.29 is 5.11 Å². The third kappa shape index (κ3) is 2.95. The van der Waals surface area contributed by atoms with Gasteiger partial charge in [0.2, 0.25) is 0 Å². The lowest BCUT2D eigenvalue weighted by molar-refractivity contribution is 0.0711. The highest BCUT2D eigenvalue weighted by molar-refractivity contribution is 5.22. The van der Waals surface area contributed by atoms with Crippen LogP contribution in [0, 0.1) is 29.1 Å². The van der Waals surface area contributed by atoms with Gasteiger partial charge in [0.25, 0.3) is 0 Å².